The van der Waals surface area contributed by atoms with E-state index >= 15 is 0 Å². The van der Waals surface area contributed by atoms with Crippen molar-refractivity contribution in [2.75, 3.05) is 13.1 Å². The lowest BCUT2D eigenvalue weighted by Gasteiger charge is -2.16. The van der Waals surface area contributed by atoms with Gasteiger partial charge in [0.15, 0.2) is 0 Å². The van der Waals surface area contributed by atoms with Crippen LogP contribution in [0.3, 0.4) is 0 Å². The average Bonchev–Trinajstić information content (AvgIpc) is 2.74. The average molecular weight is 282 g/mol. The van der Waals surface area contributed by atoms with Gasteiger partial charge in [-0.15, -0.1) is 0 Å². The lowest BCUT2D eigenvalue weighted by Crippen LogP contribution is -2.28. The van der Waals surface area contributed by atoms with E-state index in [9.17, 15) is 13.2 Å². The third-order valence-corrected chi connectivity index (χ3v) is 4.51. The molecule has 2 rings (SSSR count). The molecule has 1 unspecified atom stereocenters. The lowest BCUT2D eigenvalue weighted by molar-refractivity contribution is 0.0788. The molecule has 0 aliphatic carbocycles. The minimum absolute atomic E-state index is 0.0191. The monoisotopic (exact) mass is 282 g/mol. The Hall–Kier alpha value is -1.40. The minimum atomic E-state index is -3.79. The van der Waals surface area contributed by atoms with Gasteiger partial charge < -0.3 is 4.90 Å². The Labute approximate surface area is 113 Å². The van der Waals surface area contributed by atoms with Crippen LogP contribution in [0.25, 0.3) is 0 Å². The molecule has 0 bridgehead atoms. The van der Waals surface area contributed by atoms with Crippen LogP contribution in [0.15, 0.2) is 23.1 Å². The third-order valence-electron chi connectivity index (χ3n) is 3.45. The number of likely N-dealkylation sites (tertiary alicyclic amines) is 1. The van der Waals surface area contributed by atoms with Crippen LogP contribution in [-0.4, -0.2) is 32.3 Å². The quantitative estimate of drug-likeness (QED) is 0.882. The molecule has 6 heteroatoms. The van der Waals surface area contributed by atoms with Crippen LogP contribution < -0.4 is 5.14 Å². The van der Waals surface area contributed by atoms with Gasteiger partial charge in [-0.25, -0.2) is 13.6 Å². The molecule has 104 valence electrons. The van der Waals surface area contributed by atoms with E-state index in [1.165, 1.54) is 6.07 Å². The first-order valence-corrected chi connectivity index (χ1v) is 7.76. The van der Waals surface area contributed by atoms with E-state index in [1.54, 1.807) is 24.0 Å². The second kappa shape index (κ2) is 4.94. The van der Waals surface area contributed by atoms with Crippen molar-refractivity contribution in [1.82, 2.24) is 4.90 Å². The molecule has 0 spiro atoms. The van der Waals surface area contributed by atoms with Crippen molar-refractivity contribution in [3.63, 3.8) is 0 Å². The summed E-state index contributed by atoms with van der Waals surface area (Å²) in [6, 6.07) is 4.64. The molecule has 19 heavy (non-hydrogen) atoms. The predicted octanol–water partition coefficient (Wildman–Crippen LogP) is 1.12. The van der Waals surface area contributed by atoms with Gasteiger partial charge in [-0.1, -0.05) is 13.0 Å². The minimum Gasteiger partial charge on any atom is -0.338 e. The van der Waals surface area contributed by atoms with Gasteiger partial charge in [0.1, 0.15) is 0 Å². The topological polar surface area (TPSA) is 80.5 Å². The van der Waals surface area contributed by atoms with Crippen molar-refractivity contribution in [2.24, 2.45) is 11.1 Å². The predicted molar refractivity (Wildman–Crippen MR) is 72.2 cm³/mol. The summed E-state index contributed by atoms with van der Waals surface area (Å²) >= 11 is 0. The SMILES string of the molecule is Cc1ccc(C(=O)N2CCC(C)C2)cc1S(N)(=O)=O. The highest BCUT2D eigenvalue weighted by molar-refractivity contribution is 7.89. The molecule has 0 aromatic heterocycles. The molecular formula is C13H18N2O3S. The first-order valence-electron chi connectivity index (χ1n) is 6.22. The lowest BCUT2D eigenvalue weighted by atomic mass is 10.1. The van der Waals surface area contributed by atoms with E-state index in [1.807, 2.05) is 0 Å². The second-order valence-corrected chi connectivity index (χ2v) is 6.70. The largest absolute Gasteiger partial charge is 0.338 e. The number of hydrogen-bond acceptors (Lipinski definition) is 3. The van der Waals surface area contributed by atoms with Gasteiger partial charge in [-0.05, 0) is 37.0 Å². The number of nitrogens with two attached hydrogens (primary N) is 1. The number of rotatable bonds is 2. The normalized spacial score (nSPS) is 19.7. The van der Waals surface area contributed by atoms with Gasteiger partial charge in [0.25, 0.3) is 5.91 Å². The highest BCUT2D eigenvalue weighted by Crippen LogP contribution is 2.21. The van der Waals surface area contributed by atoms with Crippen molar-refractivity contribution in [3.05, 3.63) is 29.3 Å². The van der Waals surface area contributed by atoms with E-state index in [4.69, 9.17) is 5.14 Å². The summed E-state index contributed by atoms with van der Waals surface area (Å²) in [6.45, 7) is 5.19. The zero-order valence-electron chi connectivity index (χ0n) is 11.1. The zero-order chi connectivity index (χ0) is 14.2. The van der Waals surface area contributed by atoms with E-state index in [-0.39, 0.29) is 10.8 Å². The maximum atomic E-state index is 12.3. The van der Waals surface area contributed by atoms with Gasteiger partial charge in [0, 0.05) is 18.7 Å². The Balaban J connectivity index is 2.34. The molecule has 1 atom stereocenters. The molecule has 5 nitrogen and oxygen atoms in total. The summed E-state index contributed by atoms with van der Waals surface area (Å²) < 4.78 is 22.9. The number of carbonyl (C=O) groups is 1. The van der Waals surface area contributed by atoms with E-state index < -0.39 is 10.0 Å². The zero-order valence-corrected chi connectivity index (χ0v) is 11.9. The fourth-order valence-electron chi connectivity index (χ4n) is 2.34. The van der Waals surface area contributed by atoms with Gasteiger partial charge in [0.05, 0.1) is 4.90 Å². The number of benzene rings is 1. The van der Waals surface area contributed by atoms with Crippen molar-refractivity contribution in [1.29, 1.82) is 0 Å². The summed E-state index contributed by atoms with van der Waals surface area (Å²) in [6.07, 6.45) is 0.986. The molecule has 0 saturated carbocycles. The first kappa shape index (κ1) is 14.0. The van der Waals surface area contributed by atoms with Crippen molar-refractivity contribution >= 4 is 15.9 Å². The molecule has 1 aromatic carbocycles. The fourth-order valence-corrected chi connectivity index (χ4v) is 3.15. The van der Waals surface area contributed by atoms with E-state index in [0.717, 1.165) is 19.5 Å². The van der Waals surface area contributed by atoms with Crippen LogP contribution in [0, 0.1) is 12.8 Å². The number of nitrogens with zero attached hydrogens (tertiary/aromatic N) is 1. The van der Waals surface area contributed by atoms with E-state index in [0.29, 0.717) is 17.0 Å². The van der Waals surface area contributed by atoms with Crippen LogP contribution >= 0.6 is 0 Å². The molecule has 0 radical (unpaired) electrons. The van der Waals surface area contributed by atoms with Crippen LogP contribution in [0.2, 0.25) is 0 Å². The Morgan fingerprint density at radius 2 is 2.11 bits per heavy atom. The maximum Gasteiger partial charge on any atom is 0.253 e. The maximum absolute atomic E-state index is 12.3. The Morgan fingerprint density at radius 3 is 2.63 bits per heavy atom. The Kier molecular flexibility index (Phi) is 3.64. The first-order chi connectivity index (χ1) is 8.79. The Bertz CT molecular complexity index is 610. The number of hydrogen-bond donors (Lipinski definition) is 1. The van der Waals surface area contributed by atoms with Crippen LogP contribution in [-0.2, 0) is 10.0 Å². The third kappa shape index (κ3) is 2.96. The molecule has 1 aliphatic heterocycles. The standard InChI is InChI=1S/C13H18N2O3S/c1-9-5-6-15(8-9)13(16)11-4-3-10(2)12(7-11)19(14,17)18/h3-4,7,9H,5-6,8H2,1-2H3,(H2,14,17,18). The molecule has 2 N–H and O–H groups in total. The van der Waals surface area contributed by atoms with Crippen molar-refractivity contribution < 1.29 is 13.2 Å². The number of sulfonamides is 1. The van der Waals surface area contributed by atoms with Crippen LogP contribution in [0.1, 0.15) is 29.3 Å². The molecule has 1 heterocycles. The second-order valence-electron chi connectivity index (χ2n) is 5.17. The summed E-state index contributed by atoms with van der Waals surface area (Å²) in [7, 11) is -3.79. The van der Waals surface area contributed by atoms with Crippen molar-refractivity contribution in [3.8, 4) is 0 Å². The fraction of sp³-hybridized carbons (Fsp3) is 0.462. The Morgan fingerprint density at radius 1 is 1.42 bits per heavy atom. The number of aryl methyl sites for hydroxylation is 1. The molecular weight excluding hydrogens is 264 g/mol. The highest BCUT2D eigenvalue weighted by Gasteiger charge is 2.25. The molecule has 1 saturated heterocycles. The van der Waals surface area contributed by atoms with Gasteiger partial charge in [-0.3, -0.25) is 4.79 Å². The summed E-state index contributed by atoms with van der Waals surface area (Å²) in [5.74, 6) is 0.362. The summed E-state index contributed by atoms with van der Waals surface area (Å²) in [5.41, 5.74) is 0.928. The van der Waals surface area contributed by atoms with Gasteiger partial charge >= 0.3 is 0 Å². The molecule has 1 aliphatic rings. The molecule has 1 amide bonds. The van der Waals surface area contributed by atoms with Gasteiger partial charge in [0.2, 0.25) is 10.0 Å². The number of primary sulfonamides is 1. The summed E-state index contributed by atoms with van der Waals surface area (Å²) in [5, 5.41) is 5.15. The molecule has 1 aromatic rings. The number of carbonyl (C=O) groups excluding carboxylic acids is 1. The van der Waals surface area contributed by atoms with E-state index in [2.05, 4.69) is 6.92 Å². The molecule has 1 fully saturated rings. The van der Waals surface area contributed by atoms with Crippen LogP contribution in [0.4, 0.5) is 0 Å². The number of amides is 1. The highest BCUT2D eigenvalue weighted by atomic mass is 32.2. The van der Waals surface area contributed by atoms with Crippen molar-refractivity contribution in [2.45, 2.75) is 25.2 Å². The smallest absolute Gasteiger partial charge is 0.253 e. The summed E-state index contributed by atoms with van der Waals surface area (Å²) in [4.78, 5) is 14.0. The van der Waals surface area contributed by atoms with Crippen LogP contribution in [0.5, 0.6) is 0 Å². The van der Waals surface area contributed by atoms with Gasteiger partial charge in [-0.2, -0.15) is 0 Å².